The monoisotopic (exact) mass is 260 g/mol. The fourth-order valence-electron chi connectivity index (χ4n) is 1.49. The molecule has 0 fully saturated rings. The summed E-state index contributed by atoms with van der Waals surface area (Å²) in [6.45, 7) is 0.539. The molecule has 0 saturated heterocycles. The molecule has 2 aromatic heterocycles. The average molecular weight is 260 g/mol. The van der Waals surface area contributed by atoms with Crippen molar-refractivity contribution in [2.75, 3.05) is 12.3 Å². The summed E-state index contributed by atoms with van der Waals surface area (Å²) in [7, 11) is 0. The summed E-state index contributed by atoms with van der Waals surface area (Å²) in [5.41, 5.74) is 6.85. The summed E-state index contributed by atoms with van der Waals surface area (Å²) >= 11 is 1.24. The third kappa shape index (κ3) is 2.41. The van der Waals surface area contributed by atoms with Crippen molar-refractivity contribution in [3.05, 3.63) is 17.3 Å². The minimum atomic E-state index is -0.200. The second-order valence-electron chi connectivity index (χ2n) is 3.62. The predicted molar refractivity (Wildman–Crippen MR) is 72.2 cm³/mol. The normalized spacial score (nSPS) is 10.2. The summed E-state index contributed by atoms with van der Waals surface area (Å²) in [5, 5.41) is 2.78. The fourth-order valence-corrected chi connectivity index (χ4v) is 2.42. The summed E-state index contributed by atoms with van der Waals surface area (Å²) in [6, 6.07) is 0. The van der Waals surface area contributed by atoms with Crippen molar-refractivity contribution in [3.8, 4) is 12.3 Å². The van der Waals surface area contributed by atoms with Gasteiger partial charge < -0.3 is 11.1 Å². The minimum absolute atomic E-state index is 0.200. The van der Waals surface area contributed by atoms with E-state index in [2.05, 4.69) is 21.2 Å². The number of nitrogens with one attached hydrogen (secondary N) is 1. The number of thiophene rings is 1. The molecule has 0 atom stereocenters. The lowest BCUT2D eigenvalue weighted by atomic mass is 10.3. The molecule has 0 aromatic carbocycles. The Balaban J connectivity index is 2.13. The molecule has 2 aromatic rings. The molecule has 0 aliphatic rings. The van der Waals surface area contributed by atoms with E-state index < -0.39 is 0 Å². The molecule has 5 nitrogen and oxygen atoms in total. The maximum Gasteiger partial charge on any atom is 0.263 e. The van der Waals surface area contributed by atoms with Gasteiger partial charge in [0.15, 0.2) is 0 Å². The van der Waals surface area contributed by atoms with Crippen LogP contribution in [-0.2, 0) is 0 Å². The van der Waals surface area contributed by atoms with Crippen LogP contribution < -0.4 is 11.1 Å². The molecule has 0 aliphatic carbocycles. The zero-order valence-electron chi connectivity index (χ0n) is 9.64. The number of amides is 1. The highest BCUT2D eigenvalue weighted by molar-refractivity contribution is 7.21. The predicted octanol–water partition coefficient (Wildman–Crippen LogP) is 1.42. The second-order valence-corrected chi connectivity index (χ2v) is 4.62. The third-order valence-corrected chi connectivity index (χ3v) is 3.45. The molecule has 0 spiro atoms. The number of terminal acetylenes is 1. The molecule has 0 bridgehead atoms. The van der Waals surface area contributed by atoms with Crippen LogP contribution in [0.2, 0.25) is 0 Å². The first-order valence-corrected chi connectivity index (χ1v) is 6.26. The summed E-state index contributed by atoms with van der Waals surface area (Å²) in [6.07, 6.45) is 9.66. The lowest BCUT2D eigenvalue weighted by molar-refractivity contribution is 0.0958. The highest BCUT2D eigenvalue weighted by Gasteiger charge is 2.17. The number of aromatic nitrogens is 2. The van der Waals surface area contributed by atoms with Crippen LogP contribution in [0.4, 0.5) is 5.69 Å². The number of rotatable bonds is 4. The van der Waals surface area contributed by atoms with Crippen molar-refractivity contribution in [3.63, 3.8) is 0 Å². The molecule has 18 heavy (non-hydrogen) atoms. The lowest BCUT2D eigenvalue weighted by Crippen LogP contribution is -2.24. The highest BCUT2D eigenvalue weighted by Crippen LogP contribution is 2.30. The molecule has 6 heteroatoms. The van der Waals surface area contributed by atoms with Crippen LogP contribution in [0, 0.1) is 12.3 Å². The Labute approximate surface area is 108 Å². The minimum Gasteiger partial charge on any atom is -0.396 e. The van der Waals surface area contributed by atoms with Crippen LogP contribution in [0.15, 0.2) is 12.4 Å². The summed E-state index contributed by atoms with van der Waals surface area (Å²) < 4.78 is 0. The molecule has 2 heterocycles. The van der Waals surface area contributed by atoms with Crippen LogP contribution in [0.1, 0.15) is 22.5 Å². The van der Waals surface area contributed by atoms with Gasteiger partial charge in [-0.3, -0.25) is 4.79 Å². The van der Waals surface area contributed by atoms with E-state index in [1.807, 2.05) is 0 Å². The standard InChI is InChI=1S/C12H12N4OS/c1-2-3-4-5-15-11(17)10-8(13)9-12(18-10)16-7-6-14-9/h1,6-7H,3-5,13H2,(H,15,17). The summed E-state index contributed by atoms with van der Waals surface area (Å²) in [4.78, 5) is 21.3. The Morgan fingerprint density at radius 2 is 2.28 bits per heavy atom. The van der Waals surface area contributed by atoms with Gasteiger partial charge >= 0.3 is 0 Å². The van der Waals surface area contributed by atoms with Crippen molar-refractivity contribution >= 4 is 33.3 Å². The first-order chi connectivity index (χ1) is 8.74. The Kier molecular flexibility index (Phi) is 3.75. The molecule has 92 valence electrons. The molecular formula is C12H12N4OS. The molecule has 0 aliphatic heterocycles. The van der Waals surface area contributed by atoms with Gasteiger partial charge in [0.2, 0.25) is 0 Å². The Morgan fingerprint density at radius 1 is 1.50 bits per heavy atom. The highest BCUT2D eigenvalue weighted by atomic mass is 32.1. The number of nitrogen functional groups attached to an aromatic ring is 1. The lowest BCUT2D eigenvalue weighted by Gasteiger charge is -2.02. The van der Waals surface area contributed by atoms with Gasteiger partial charge in [-0.05, 0) is 6.42 Å². The maximum atomic E-state index is 11.9. The van der Waals surface area contributed by atoms with Crippen molar-refractivity contribution < 1.29 is 4.79 Å². The van der Waals surface area contributed by atoms with Gasteiger partial charge in [-0.2, -0.15) is 0 Å². The van der Waals surface area contributed by atoms with Crippen molar-refractivity contribution in [2.45, 2.75) is 12.8 Å². The van der Waals surface area contributed by atoms with Crippen molar-refractivity contribution in [1.29, 1.82) is 0 Å². The Hall–Kier alpha value is -2.13. The maximum absolute atomic E-state index is 11.9. The SMILES string of the molecule is C#CCCCNC(=O)c1sc2nccnc2c1N. The van der Waals surface area contributed by atoms with E-state index in [1.54, 1.807) is 12.4 Å². The van der Waals surface area contributed by atoms with Gasteiger partial charge in [-0.25, -0.2) is 9.97 Å². The molecule has 1 amide bonds. The number of hydrogen-bond donors (Lipinski definition) is 2. The molecule has 0 unspecified atom stereocenters. The quantitative estimate of drug-likeness (QED) is 0.643. The van der Waals surface area contributed by atoms with E-state index in [-0.39, 0.29) is 5.91 Å². The fraction of sp³-hybridized carbons (Fsp3) is 0.250. The van der Waals surface area contributed by atoms with Crippen LogP contribution in [0.3, 0.4) is 0 Å². The Bertz CT molecular complexity index is 614. The van der Waals surface area contributed by atoms with Crippen molar-refractivity contribution in [2.24, 2.45) is 0 Å². The van der Waals surface area contributed by atoms with Gasteiger partial charge in [0.25, 0.3) is 5.91 Å². The first-order valence-electron chi connectivity index (χ1n) is 5.44. The van der Waals surface area contributed by atoms with Crippen LogP contribution in [0.25, 0.3) is 10.3 Å². The number of nitrogens with two attached hydrogens (primary N) is 1. The number of carbonyl (C=O) groups is 1. The van der Waals surface area contributed by atoms with Crippen molar-refractivity contribution in [1.82, 2.24) is 15.3 Å². The van der Waals surface area contributed by atoms with Gasteiger partial charge in [-0.15, -0.1) is 23.7 Å². The number of unbranched alkanes of at least 4 members (excludes halogenated alkanes) is 1. The Morgan fingerprint density at radius 3 is 3.00 bits per heavy atom. The van der Waals surface area contributed by atoms with E-state index in [0.717, 1.165) is 6.42 Å². The summed E-state index contributed by atoms with van der Waals surface area (Å²) in [5.74, 6) is 2.32. The zero-order valence-corrected chi connectivity index (χ0v) is 10.5. The van der Waals surface area contributed by atoms with E-state index in [1.165, 1.54) is 11.3 Å². The largest absolute Gasteiger partial charge is 0.396 e. The van der Waals surface area contributed by atoms with Gasteiger partial charge in [0.1, 0.15) is 15.2 Å². The molecule has 3 N–H and O–H groups in total. The van der Waals surface area contributed by atoms with Crippen LogP contribution in [-0.4, -0.2) is 22.4 Å². The number of fused-ring (bicyclic) bond motifs is 1. The molecule has 0 radical (unpaired) electrons. The van der Waals surface area contributed by atoms with E-state index >= 15 is 0 Å². The van der Waals surface area contributed by atoms with Gasteiger partial charge in [0.05, 0.1) is 5.69 Å². The third-order valence-electron chi connectivity index (χ3n) is 2.35. The second kappa shape index (κ2) is 5.47. The molecule has 2 rings (SSSR count). The number of carbonyl (C=O) groups excluding carboxylic acids is 1. The molecular weight excluding hydrogens is 248 g/mol. The number of nitrogens with zero attached hydrogens (tertiary/aromatic N) is 2. The number of hydrogen-bond acceptors (Lipinski definition) is 5. The topological polar surface area (TPSA) is 80.9 Å². The van der Waals surface area contributed by atoms with E-state index in [0.29, 0.717) is 33.9 Å². The zero-order chi connectivity index (χ0) is 13.0. The molecule has 0 saturated carbocycles. The smallest absolute Gasteiger partial charge is 0.263 e. The van der Waals surface area contributed by atoms with E-state index in [9.17, 15) is 4.79 Å². The van der Waals surface area contributed by atoms with Crippen LogP contribution >= 0.6 is 11.3 Å². The van der Waals surface area contributed by atoms with E-state index in [4.69, 9.17) is 12.2 Å². The van der Waals surface area contributed by atoms with Gasteiger partial charge in [-0.1, -0.05) is 0 Å². The first kappa shape index (κ1) is 12.3. The average Bonchev–Trinajstić information content (AvgIpc) is 2.73. The van der Waals surface area contributed by atoms with Crippen LogP contribution in [0.5, 0.6) is 0 Å². The number of anilines is 1. The van der Waals surface area contributed by atoms with Gasteiger partial charge in [0, 0.05) is 25.4 Å².